The molecule has 1 fully saturated rings. The van der Waals surface area contributed by atoms with Crippen LogP contribution >= 0.6 is 0 Å². The second-order valence-corrected chi connectivity index (χ2v) is 12.6. The number of ether oxygens (including phenoxy) is 1. The average molecular weight is 477 g/mol. The molecule has 0 heterocycles. The van der Waals surface area contributed by atoms with Crippen molar-refractivity contribution in [3.8, 4) is 5.75 Å². The Morgan fingerprint density at radius 1 is 0.788 bits per heavy atom. The van der Waals surface area contributed by atoms with Crippen molar-refractivity contribution in [3.05, 3.63) is 29.8 Å². The van der Waals surface area contributed by atoms with Crippen LogP contribution in [0, 0.1) is 5.92 Å². The van der Waals surface area contributed by atoms with Crippen LogP contribution in [0.3, 0.4) is 0 Å². The monoisotopic (exact) mass is 476 g/mol. The maximum absolute atomic E-state index is 6.02. The van der Waals surface area contributed by atoms with Gasteiger partial charge in [0, 0.05) is 12.2 Å². The van der Waals surface area contributed by atoms with Gasteiger partial charge in [0.15, 0.2) is 0 Å². The molecule has 0 bridgehead atoms. The minimum atomic E-state index is -1.60. The Kier molecular flexibility index (Phi) is 14.4. The third kappa shape index (κ3) is 12.4. The Labute approximate surface area is 206 Å². The molecule has 1 aliphatic carbocycles. The van der Waals surface area contributed by atoms with Crippen LogP contribution in [0.4, 0.5) is 0 Å². The van der Waals surface area contributed by atoms with Crippen molar-refractivity contribution in [2.45, 2.75) is 136 Å². The van der Waals surface area contributed by atoms with Crippen LogP contribution in [-0.4, -0.2) is 28.1 Å². The third-order valence-electron chi connectivity index (χ3n) is 6.86. The van der Waals surface area contributed by atoms with Crippen molar-refractivity contribution in [1.29, 1.82) is 0 Å². The highest BCUT2D eigenvalue weighted by Crippen LogP contribution is 2.38. The van der Waals surface area contributed by atoms with Crippen molar-refractivity contribution >= 4 is 9.28 Å². The summed E-state index contributed by atoms with van der Waals surface area (Å²) in [5, 5.41) is 0. The second-order valence-electron chi connectivity index (χ2n) is 10.6. The van der Waals surface area contributed by atoms with Crippen molar-refractivity contribution in [2.24, 2.45) is 5.92 Å². The molecule has 0 spiro atoms. The van der Waals surface area contributed by atoms with E-state index < -0.39 is 9.28 Å². The molecule has 190 valence electrons. The summed E-state index contributed by atoms with van der Waals surface area (Å²) in [4.78, 5) is 0. The molecular weight excluding hydrogens is 424 g/mol. The van der Waals surface area contributed by atoms with Crippen LogP contribution in [-0.2, 0) is 8.85 Å². The van der Waals surface area contributed by atoms with Gasteiger partial charge in [-0.25, -0.2) is 0 Å². The first-order chi connectivity index (χ1) is 16.0. The molecule has 3 nitrogen and oxygen atoms in total. The minimum absolute atomic E-state index is 0.236. The van der Waals surface area contributed by atoms with E-state index in [-0.39, 0.29) is 12.2 Å². The molecule has 1 saturated carbocycles. The van der Waals surface area contributed by atoms with E-state index in [2.05, 4.69) is 58.9 Å². The number of hydrogen-bond acceptors (Lipinski definition) is 3. The van der Waals surface area contributed by atoms with Gasteiger partial charge in [0.2, 0.25) is 0 Å². The van der Waals surface area contributed by atoms with E-state index in [4.69, 9.17) is 13.6 Å². The summed E-state index contributed by atoms with van der Waals surface area (Å²) in [6.45, 7) is 11.4. The molecule has 0 aliphatic heterocycles. The van der Waals surface area contributed by atoms with Gasteiger partial charge in [0.05, 0.1) is 6.61 Å². The molecule has 33 heavy (non-hydrogen) atoms. The molecule has 1 aliphatic rings. The van der Waals surface area contributed by atoms with Crippen molar-refractivity contribution < 1.29 is 13.6 Å². The Balaban J connectivity index is 1.63. The summed E-state index contributed by atoms with van der Waals surface area (Å²) in [6.07, 6.45) is 17.0. The zero-order chi connectivity index (χ0) is 23.9. The number of benzene rings is 1. The normalized spacial score (nSPS) is 19.0. The SMILES string of the molecule is CCCCCCCCC1CCC(c2ccc(OCCC[SiH](OC(C)C)OC(C)C)cc2)CC1. The smallest absolute Gasteiger partial charge is 0.321 e. The van der Waals surface area contributed by atoms with Crippen LogP contribution in [0.25, 0.3) is 0 Å². The Morgan fingerprint density at radius 3 is 2.00 bits per heavy atom. The Bertz CT molecular complexity index is 583. The first-order valence-electron chi connectivity index (χ1n) is 14.0. The standard InChI is InChI=1S/C29H52O3Si/c1-6-7-8-9-10-11-13-26-14-16-27(17-15-26)28-18-20-29(21-19-28)30-22-12-23-33(31-24(2)3)32-25(4)5/h18-21,24-27,33H,6-17,22-23H2,1-5H3. The van der Waals surface area contributed by atoms with E-state index in [0.29, 0.717) is 0 Å². The molecule has 0 saturated heterocycles. The molecule has 0 amide bonds. The maximum atomic E-state index is 6.02. The summed E-state index contributed by atoms with van der Waals surface area (Å²) in [6, 6.07) is 9.94. The van der Waals surface area contributed by atoms with E-state index in [1.807, 2.05) is 0 Å². The Hall–Kier alpha value is -0.843. The van der Waals surface area contributed by atoms with Gasteiger partial charge >= 0.3 is 9.28 Å². The summed E-state index contributed by atoms with van der Waals surface area (Å²) >= 11 is 0. The lowest BCUT2D eigenvalue weighted by Gasteiger charge is -2.29. The van der Waals surface area contributed by atoms with Gasteiger partial charge in [0.25, 0.3) is 0 Å². The van der Waals surface area contributed by atoms with Gasteiger partial charge < -0.3 is 13.6 Å². The fourth-order valence-electron chi connectivity index (χ4n) is 5.05. The van der Waals surface area contributed by atoms with E-state index in [9.17, 15) is 0 Å². The first kappa shape index (κ1) is 28.4. The first-order valence-corrected chi connectivity index (χ1v) is 15.8. The molecule has 0 N–H and O–H groups in total. The van der Waals surface area contributed by atoms with Gasteiger partial charge in [-0.15, -0.1) is 0 Å². The van der Waals surface area contributed by atoms with E-state index in [1.54, 1.807) is 0 Å². The van der Waals surface area contributed by atoms with Crippen LogP contribution in [0.15, 0.2) is 24.3 Å². The number of rotatable bonds is 17. The maximum Gasteiger partial charge on any atom is 0.321 e. The van der Waals surface area contributed by atoms with Crippen LogP contribution in [0.5, 0.6) is 5.75 Å². The number of unbranched alkanes of at least 4 members (excludes halogenated alkanes) is 5. The molecule has 0 radical (unpaired) electrons. The van der Waals surface area contributed by atoms with Gasteiger partial charge in [-0.3, -0.25) is 0 Å². The van der Waals surface area contributed by atoms with Gasteiger partial charge in [-0.1, -0.05) is 64.0 Å². The van der Waals surface area contributed by atoms with Crippen molar-refractivity contribution in [2.75, 3.05) is 6.61 Å². The quantitative estimate of drug-likeness (QED) is 0.166. The van der Waals surface area contributed by atoms with Crippen LogP contribution in [0.1, 0.15) is 123 Å². The molecule has 0 unspecified atom stereocenters. The highest BCUT2D eigenvalue weighted by atomic mass is 28.3. The third-order valence-corrected chi connectivity index (χ3v) is 9.44. The van der Waals surface area contributed by atoms with Gasteiger partial charge in [-0.05, 0) is 95.4 Å². The molecule has 4 heteroatoms. The lowest BCUT2D eigenvalue weighted by Crippen LogP contribution is -2.29. The molecular formula is C29H52O3Si. The molecule has 0 atom stereocenters. The molecule has 1 aromatic carbocycles. The molecule has 1 aromatic rings. The predicted molar refractivity (Wildman–Crippen MR) is 144 cm³/mol. The van der Waals surface area contributed by atoms with E-state index >= 15 is 0 Å². The summed E-state index contributed by atoms with van der Waals surface area (Å²) < 4.78 is 18.0. The van der Waals surface area contributed by atoms with Gasteiger partial charge in [-0.2, -0.15) is 0 Å². The fraction of sp³-hybridized carbons (Fsp3) is 0.793. The number of hydrogen-bond donors (Lipinski definition) is 0. The van der Waals surface area contributed by atoms with Gasteiger partial charge in [0.1, 0.15) is 5.75 Å². The van der Waals surface area contributed by atoms with Crippen molar-refractivity contribution in [1.82, 2.24) is 0 Å². The fourth-order valence-corrected chi connectivity index (χ4v) is 7.10. The zero-order valence-electron chi connectivity index (χ0n) is 22.3. The summed E-state index contributed by atoms with van der Waals surface area (Å²) in [5.74, 6) is 2.71. The lowest BCUT2D eigenvalue weighted by atomic mass is 9.77. The zero-order valence-corrected chi connectivity index (χ0v) is 23.5. The minimum Gasteiger partial charge on any atom is -0.494 e. The summed E-state index contributed by atoms with van der Waals surface area (Å²) in [5.41, 5.74) is 1.50. The predicted octanol–water partition coefficient (Wildman–Crippen LogP) is 8.55. The highest BCUT2D eigenvalue weighted by Gasteiger charge is 2.22. The average Bonchev–Trinajstić information content (AvgIpc) is 2.79. The largest absolute Gasteiger partial charge is 0.494 e. The Morgan fingerprint density at radius 2 is 1.39 bits per heavy atom. The lowest BCUT2D eigenvalue weighted by molar-refractivity contribution is 0.128. The highest BCUT2D eigenvalue weighted by molar-refractivity contribution is 6.44. The van der Waals surface area contributed by atoms with E-state index in [1.165, 1.54) is 76.2 Å². The second kappa shape index (κ2) is 16.7. The summed E-state index contributed by atoms with van der Waals surface area (Å²) in [7, 11) is -1.60. The topological polar surface area (TPSA) is 27.7 Å². The van der Waals surface area contributed by atoms with Crippen LogP contribution < -0.4 is 4.74 Å². The van der Waals surface area contributed by atoms with E-state index in [0.717, 1.165) is 36.7 Å². The van der Waals surface area contributed by atoms with Crippen molar-refractivity contribution in [3.63, 3.8) is 0 Å². The molecule has 2 rings (SSSR count). The molecule has 0 aromatic heterocycles. The van der Waals surface area contributed by atoms with Crippen LogP contribution in [0.2, 0.25) is 6.04 Å².